The number of hydrogen-bond donors (Lipinski definition) is 2. The molecule has 0 aliphatic carbocycles. The lowest BCUT2D eigenvalue weighted by Crippen LogP contribution is -2.26. The van der Waals surface area contributed by atoms with Crippen LogP contribution < -0.4 is 11.1 Å². The van der Waals surface area contributed by atoms with Crippen LogP contribution in [-0.2, 0) is 16.1 Å². The first-order valence-corrected chi connectivity index (χ1v) is 7.33. The molecular formula is C15H19N3O4. The standard InChI is InChI=1S/C15H19N3O4/c19-15-17-14(18-22-15)13-3-1-2-11(6-13)8-21-10-12-7-16-4-5-20-9-12/h1-3,6,12,16H,4-5,7-10H2,(H,17,18,19). The van der Waals surface area contributed by atoms with Gasteiger partial charge in [-0.25, -0.2) is 4.79 Å². The number of nitrogens with one attached hydrogen (secondary N) is 2. The molecule has 22 heavy (non-hydrogen) atoms. The zero-order chi connectivity index (χ0) is 15.2. The molecule has 3 rings (SSSR count). The van der Waals surface area contributed by atoms with Crippen LogP contribution in [0.3, 0.4) is 0 Å². The maximum Gasteiger partial charge on any atom is 0.439 e. The third-order valence-corrected chi connectivity index (χ3v) is 3.47. The number of nitrogens with zero attached hydrogens (tertiary/aromatic N) is 1. The van der Waals surface area contributed by atoms with Crippen molar-refractivity contribution in [1.82, 2.24) is 15.5 Å². The Bertz CT molecular complexity index is 644. The SMILES string of the molecule is O=c1[nH]c(-c2cccc(COCC3CNCCOC3)c2)no1. The highest BCUT2D eigenvalue weighted by Gasteiger charge is 2.12. The van der Waals surface area contributed by atoms with Gasteiger partial charge in [-0.1, -0.05) is 23.4 Å². The first kappa shape index (κ1) is 15.0. The van der Waals surface area contributed by atoms with Gasteiger partial charge in [-0.2, -0.15) is 0 Å². The van der Waals surface area contributed by atoms with Crippen molar-refractivity contribution in [3.8, 4) is 11.4 Å². The van der Waals surface area contributed by atoms with Gasteiger partial charge in [0.25, 0.3) is 0 Å². The van der Waals surface area contributed by atoms with E-state index < -0.39 is 5.76 Å². The number of rotatable bonds is 5. The Morgan fingerprint density at radius 2 is 2.36 bits per heavy atom. The Morgan fingerprint density at radius 1 is 1.41 bits per heavy atom. The lowest BCUT2D eigenvalue weighted by atomic mass is 10.1. The van der Waals surface area contributed by atoms with Crippen molar-refractivity contribution in [2.45, 2.75) is 6.61 Å². The van der Waals surface area contributed by atoms with Gasteiger partial charge >= 0.3 is 5.76 Å². The Morgan fingerprint density at radius 3 is 3.23 bits per heavy atom. The molecule has 1 aromatic heterocycles. The third kappa shape index (κ3) is 4.03. The van der Waals surface area contributed by atoms with Crippen molar-refractivity contribution in [2.24, 2.45) is 5.92 Å². The molecule has 1 unspecified atom stereocenters. The molecule has 1 atom stereocenters. The second kappa shape index (κ2) is 7.35. The van der Waals surface area contributed by atoms with Crippen LogP contribution in [0.4, 0.5) is 0 Å². The van der Waals surface area contributed by atoms with Gasteiger partial charge in [-0.05, 0) is 11.6 Å². The van der Waals surface area contributed by atoms with Crippen molar-refractivity contribution in [2.75, 3.05) is 32.9 Å². The fourth-order valence-electron chi connectivity index (χ4n) is 2.37. The van der Waals surface area contributed by atoms with Crippen molar-refractivity contribution in [3.05, 3.63) is 40.4 Å². The maximum absolute atomic E-state index is 11.0. The molecule has 1 aliphatic rings. The molecule has 0 saturated carbocycles. The summed E-state index contributed by atoms with van der Waals surface area (Å²) in [6, 6.07) is 7.66. The van der Waals surface area contributed by atoms with Gasteiger partial charge in [0.05, 0.1) is 26.4 Å². The van der Waals surface area contributed by atoms with Crippen LogP contribution in [0.1, 0.15) is 5.56 Å². The summed E-state index contributed by atoms with van der Waals surface area (Å²) < 4.78 is 15.8. The Balaban J connectivity index is 1.55. The van der Waals surface area contributed by atoms with Gasteiger partial charge < -0.3 is 14.8 Å². The average molecular weight is 305 g/mol. The first-order chi connectivity index (χ1) is 10.8. The lowest BCUT2D eigenvalue weighted by molar-refractivity contribution is 0.0473. The molecule has 1 saturated heterocycles. The smallest absolute Gasteiger partial charge is 0.380 e. The van der Waals surface area contributed by atoms with E-state index in [0.717, 1.165) is 37.4 Å². The summed E-state index contributed by atoms with van der Waals surface area (Å²) in [6.07, 6.45) is 0. The molecule has 0 bridgehead atoms. The van der Waals surface area contributed by atoms with E-state index >= 15 is 0 Å². The highest BCUT2D eigenvalue weighted by Crippen LogP contribution is 2.16. The molecular weight excluding hydrogens is 286 g/mol. The van der Waals surface area contributed by atoms with E-state index in [2.05, 4.69) is 20.0 Å². The number of hydrogen-bond acceptors (Lipinski definition) is 6. The number of aromatic amines is 1. The number of aromatic nitrogens is 2. The zero-order valence-corrected chi connectivity index (χ0v) is 12.2. The highest BCUT2D eigenvalue weighted by molar-refractivity contribution is 5.54. The van der Waals surface area contributed by atoms with Gasteiger partial charge in [-0.15, -0.1) is 0 Å². The number of benzene rings is 1. The minimum atomic E-state index is -0.558. The van der Waals surface area contributed by atoms with Crippen LogP contribution in [0.5, 0.6) is 0 Å². The maximum atomic E-state index is 11.0. The van der Waals surface area contributed by atoms with E-state index in [9.17, 15) is 4.79 Å². The molecule has 0 radical (unpaired) electrons. The Kier molecular flexibility index (Phi) is 4.99. The Hall–Kier alpha value is -1.96. The minimum absolute atomic E-state index is 0.373. The summed E-state index contributed by atoms with van der Waals surface area (Å²) in [5.41, 5.74) is 1.82. The van der Waals surface area contributed by atoms with Gasteiger partial charge in [0, 0.05) is 24.6 Å². The van der Waals surface area contributed by atoms with Crippen LogP contribution in [0.2, 0.25) is 0 Å². The summed E-state index contributed by atoms with van der Waals surface area (Å²) in [7, 11) is 0. The number of H-pyrrole nitrogens is 1. The van der Waals surface area contributed by atoms with Crippen LogP contribution >= 0.6 is 0 Å². The molecule has 1 aromatic carbocycles. The van der Waals surface area contributed by atoms with E-state index in [-0.39, 0.29) is 0 Å². The first-order valence-electron chi connectivity index (χ1n) is 7.33. The predicted octanol–water partition coefficient (Wildman–Crippen LogP) is 0.782. The van der Waals surface area contributed by atoms with Gasteiger partial charge in [0.15, 0.2) is 5.82 Å². The zero-order valence-electron chi connectivity index (χ0n) is 12.2. The topological polar surface area (TPSA) is 89.4 Å². The minimum Gasteiger partial charge on any atom is -0.380 e. The van der Waals surface area contributed by atoms with E-state index in [1.807, 2.05) is 24.3 Å². The van der Waals surface area contributed by atoms with Crippen molar-refractivity contribution in [1.29, 1.82) is 0 Å². The summed E-state index contributed by atoms with van der Waals surface area (Å²) in [4.78, 5) is 13.5. The van der Waals surface area contributed by atoms with Crippen molar-refractivity contribution >= 4 is 0 Å². The van der Waals surface area contributed by atoms with E-state index in [1.54, 1.807) is 0 Å². The molecule has 0 spiro atoms. The van der Waals surface area contributed by atoms with Gasteiger partial charge in [0.1, 0.15) is 0 Å². The molecule has 118 valence electrons. The molecule has 7 nitrogen and oxygen atoms in total. The van der Waals surface area contributed by atoms with Gasteiger partial charge in [-0.3, -0.25) is 9.51 Å². The van der Waals surface area contributed by atoms with Crippen LogP contribution in [0, 0.1) is 5.92 Å². The second-order valence-electron chi connectivity index (χ2n) is 5.30. The largest absolute Gasteiger partial charge is 0.439 e. The highest BCUT2D eigenvalue weighted by atomic mass is 16.5. The summed E-state index contributed by atoms with van der Waals surface area (Å²) in [5, 5.41) is 7.00. The summed E-state index contributed by atoms with van der Waals surface area (Å²) >= 11 is 0. The van der Waals surface area contributed by atoms with Crippen molar-refractivity contribution in [3.63, 3.8) is 0 Å². The molecule has 7 heteroatoms. The molecule has 2 N–H and O–H groups in total. The monoisotopic (exact) mass is 305 g/mol. The lowest BCUT2D eigenvalue weighted by Gasteiger charge is -2.14. The fraction of sp³-hybridized carbons (Fsp3) is 0.467. The van der Waals surface area contributed by atoms with E-state index in [0.29, 0.717) is 25.0 Å². The fourth-order valence-corrected chi connectivity index (χ4v) is 2.37. The average Bonchev–Trinajstić information content (AvgIpc) is 2.81. The Labute approximate surface area is 127 Å². The van der Waals surface area contributed by atoms with E-state index in [4.69, 9.17) is 9.47 Å². The number of ether oxygens (including phenoxy) is 2. The van der Waals surface area contributed by atoms with Crippen LogP contribution in [0.15, 0.2) is 33.6 Å². The molecule has 1 fully saturated rings. The summed E-state index contributed by atoms with van der Waals surface area (Å²) in [6.45, 7) is 4.46. The van der Waals surface area contributed by atoms with Gasteiger partial charge in [0.2, 0.25) is 0 Å². The van der Waals surface area contributed by atoms with Crippen LogP contribution in [0.25, 0.3) is 11.4 Å². The molecule has 2 aromatic rings. The normalized spacial score (nSPS) is 19.0. The van der Waals surface area contributed by atoms with Crippen molar-refractivity contribution < 1.29 is 14.0 Å². The second-order valence-corrected chi connectivity index (χ2v) is 5.30. The molecule has 1 aliphatic heterocycles. The van der Waals surface area contributed by atoms with Crippen LogP contribution in [-0.4, -0.2) is 43.1 Å². The predicted molar refractivity (Wildman–Crippen MR) is 79.4 cm³/mol. The third-order valence-electron chi connectivity index (χ3n) is 3.47. The molecule has 2 heterocycles. The molecule has 0 amide bonds. The quantitative estimate of drug-likeness (QED) is 0.848. The van der Waals surface area contributed by atoms with E-state index in [1.165, 1.54) is 0 Å². The summed E-state index contributed by atoms with van der Waals surface area (Å²) in [5.74, 6) is 0.239.